The van der Waals surface area contributed by atoms with Gasteiger partial charge < -0.3 is 4.74 Å². The summed E-state index contributed by atoms with van der Waals surface area (Å²) in [6.07, 6.45) is 6.53. The highest BCUT2D eigenvalue weighted by Gasteiger charge is 2.20. The average Bonchev–Trinajstić information content (AvgIpc) is 3.14. The minimum atomic E-state index is 0.286. The zero-order chi connectivity index (χ0) is 14.1. The van der Waals surface area contributed by atoms with Gasteiger partial charge in [0.25, 0.3) is 0 Å². The molecular weight excluding hydrogens is 282 g/mol. The Morgan fingerprint density at radius 3 is 3.10 bits per heavy atom. The normalized spacial score (nSPS) is 19.1. The molecule has 0 spiro atoms. The van der Waals surface area contributed by atoms with E-state index >= 15 is 0 Å². The maximum absolute atomic E-state index is 5.88. The molecule has 108 valence electrons. The molecule has 0 aromatic carbocycles. The summed E-state index contributed by atoms with van der Waals surface area (Å²) in [5, 5.41) is 3.26. The van der Waals surface area contributed by atoms with Crippen LogP contribution in [0.15, 0.2) is 35.8 Å². The molecule has 4 rings (SSSR count). The van der Waals surface area contributed by atoms with Gasteiger partial charge in [-0.3, -0.25) is 4.57 Å². The first-order chi connectivity index (χ1) is 10.4. The van der Waals surface area contributed by atoms with Crippen LogP contribution in [-0.4, -0.2) is 27.2 Å². The number of aromatic nitrogens is 3. The molecule has 0 aliphatic carbocycles. The Bertz CT molecular complexity index is 729. The molecule has 1 saturated heterocycles. The molecule has 3 aromatic rings. The Hall–Kier alpha value is -1.72. The highest BCUT2D eigenvalue weighted by molar-refractivity contribution is 7.12. The van der Waals surface area contributed by atoms with Crippen molar-refractivity contribution in [3.05, 3.63) is 41.7 Å². The van der Waals surface area contributed by atoms with Crippen LogP contribution < -0.4 is 0 Å². The van der Waals surface area contributed by atoms with Crippen molar-refractivity contribution >= 4 is 22.5 Å². The predicted molar refractivity (Wildman–Crippen MR) is 84.0 cm³/mol. The van der Waals surface area contributed by atoms with Crippen LogP contribution in [0.3, 0.4) is 0 Å². The smallest absolute Gasteiger partial charge is 0.165 e. The molecule has 4 nitrogen and oxygen atoms in total. The maximum atomic E-state index is 5.88. The first-order valence-electron chi connectivity index (χ1n) is 7.39. The Balaban J connectivity index is 1.78. The van der Waals surface area contributed by atoms with Crippen molar-refractivity contribution in [1.82, 2.24) is 14.5 Å². The van der Waals surface area contributed by atoms with Gasteiger partial charge in [0.2, 0.25) is 0 Å². The van der Waals surface area contributed by atoms with Crippen LogP contribution in [0, 0.1) is 0 Å². The van der Waals surface area contributed by atoms with Crippen molar-refractivity contribution in [2.45, 2.75) is 31.8 Å². The van der Waals surface area contributed by atoms with Crippen molar-refractivity contribution in [1.29, 1.82) is 0 Å². The highest BCUT2D eigenvalue weighted by Crippen LogP contribution is 2.25. The van der Waals surface area contributed by atoms with Crippen molar-refractivity contribution in [3.63, 3.8) is 0 Å². The molecule has 1 aliphatic heterocycles. The summed E-state index contributed by atoms with van der Waals surface area (Å²) in [5.41, 5.74) is 1.89. The van der Waals surface area contributed by atoms with Gasteiger partial charge in [0.05, 0.1) is 6.10 Å². The first kappa shape index (κ1) is 13.0. The fraction of sp³-hybridized carbons (Fsp3) is 0.375. The van der Waals surface area contributed by atoms with Crippen molar-refractivity contribution < 1.29 is 4.74 Å². The predicted octanol–water partition coefficient (Wildman–Crippen LogP) is 3.59. The summed E-state index contributed by atoms with van der Waals surface area (Å²) in [6, 6.07) is 8.15. The lowest BCUT2D eigenvalue weighted by Gasteiger charge is -2.22. The molecule has 0 bridgehead atoms. The van der Waals surface area contributed by atoms with Crippen molar-refractivity contribution in [2.75, 3.05) is 6.61 Å². The van der Waals surface area contributed by atoms with Gasteiger partial charge in [0.1, 0.15) is 16.3 Å². The molecule has 1 fully saturated rings. The third-order valence-corrected chi connectivity index (χ3v) is 4.75. The minimum Gasteiger partial charge on any atom is -0.378 e. The zero-order valence-corrected chi connectivity index (χ0v) is 12.6. The monoisotopic (exact) mass is 299 g/mol. The van der Waals surface area contributed by atoms with Gasteiger partial charge in [0, 0.05) is 19.2 Å². The van der Waals surface area contributed by atoms with E-state index < -0.39 is 0 Å². The second-order valence-corrected chi connectivity index (χ2v) is 6.28. The van der Waals surface area contributed by atoms with Gasteiger partial charge >= 0.3 is 0 Å². The summed E-state index contributed by atoms with van der Waals surface area (Å²) in [4.78, 5) is 9.31. The van der Waals surface area contributed by atoms with E-state index in [1.165, 1.54) is 17.8 Å². The van der Waals surface area contributed by atoms with E-state index in [1.807, 2.05) is 18.3 Å². The largest absolute Gasteiger partial charge is 0.378 e. The molecule has 1 unspecified atom stereocenters. The van der Waals surface area contributed by atoms with E-state index in [-0.39, 0.29) is 6.10 Å². The van der Waals surface area contributed by atoms with Gasteiger partial charge in [-0.2, -0.15) is 0 Å². The Kier molecular flexibility index (Phi) is 3.45. The second kappa shape index (κ2) is 5.58. The second-order valence-electron chi connectivity index (χ2n) is 5.35. The van der Waals surface area contributed by atoms with E-state index in [1.54, 1.807) is 11.3 Å². The molecule has 0 N–H and O–H groups in total. The quantitative estimate of drug-likeness (QED) is 0.742. The van der Waals surface area contributed by atoms with Gasteiger partial charge in [-0.15, -0.1) is 11.3 Å². The van der Waals surface area contributed by atoms with E-state index in [0.29, 0.717) is 0 Å². The molecule has 21 heavy (non-hydrogen) atoms. The number of ether oxygens (including phenoxy) is 1. The third kappa shape index (κ3) is 2.47. The van der Waals surface area contributed by atoms with Gasteiger partial charge in [-0.1, -0.05) is 0 Å². The number of imidazole rings is 1. The van der Waals surface area contributed by atoms with Crippen LogP contribution in [0.5, 0.6) is 0 Å². The zero-order valence-electron chi connectivity index (χ0n) is 11.7. The van der Waals surface area contributed by atoms with Crippen molar-refractivity contribution in [3.8, 4) is 5.00 Å². The molecular formula is C16H17N3OS. The van der Waals surface area contributed by atoms with Crippen LogP contribution in [0.4, 0.5) is 0 Å². The van der Waals surface area contributed by atoms with E-state index in [4.69, 9.17) is 9.72 Å². The maximum Gasteiger partial charge on any atom is 0.165 e. The number of fused-ring (bicyclic) bond motifs is 1. The number of hydrogen-bond donors (Lipinski definition) is 0. The summed E-state index contributed by atoms with van der Waals surface area (Å²) in [7, 11) is 0. The first-order valence-corrected chi connectivity index (χ1v) is 8.27. The van der Waals surface area contributed by atoms with Crippen LogP contribution >= 0.6 is 11.3 Å². The van der Waals surface area contributed by atoms with E-state index in [2.05, 4.69) is 27.1 Å². The van der Waals surface area contributed by atoms with Crippen LogP contribution in [0.25, 0.3) is 16.2 Å². The number of nitrogens with zero attached hydrogens (tertiary/aromatic N) is 3. The Labute approximate surface area is 127 Å². The number of thiophene rings is 1. The third-order valence-electron chi connectivity index (χ3n) is 3.90. The lowest BCUT2D eigenvalue weighted by atomic mass is 10.1. The molecule has 0 radical (unpaired) electrons. The van der Waals surface area contributed by atoms with Gasteiger partial charge in [0.15, 0.2) is 5.65 Å². The van der Waals surface area contributed by atoms with Crippen LogP contribution in [0.2, 0.25) is 0 Å². The molecule has 4 heterocycles. The summed E-state index contributed by atoms with van der Waals surface area (Å²) in [6.45, 7) is 0.877. The van der Waals surface area contributed by atoms with Crippen molar-refractivity contribution in [2.24, 2.45) is 0 Å². The number of rotatable bonds is 3. The van der Waals surface area contributed by atoms with E-state index in [0.717, 1.165) is 36.4 Å². The standard InChI is InChI=1S/C16H17N3OS/c1-2-9-20-12(5-1)11-14-18-13-6-3-8-17-16(13)19(14)15-7-4-10-21-15/h3-4,6-8,10,12H,1-2,5,9,11H2. The Morgan fingerprint density at radius 1 is 1.29 bits per heavy atom. The fourth-order valence-corrected chi connectivity index (χ4v) is 3.65. The van der Waals surface area contributed by atoms with Crippen LogP contribution in [-0.2, 0) is 11.2 Å². The molecule has 0 saturated carbocycles. The molecule has 3 aromatic heterocycles. The summed E-state index contributed by atoms with van der Waals surface area (Å²) >= 11 is 1.71. The minimum absolute atomic E-state index is 0.286. The average molecular weight is 299 g/mol. The number of hydrogen-bond acceptors (Lipinski definition) is 4. The SMILES string of the molecule is c1csc(-n2c(CC3CCCCO3)nc3cccnc32)c1. The fourth-order valence-electron chi connectivity index (χ4n) is 2.90. The molecule has 5 heteroatoms. The molecule has 1 aliphatic rings. The Morgan fingerprint density at radius 2 is 2.29 bits per heavy atom. The van der Waals surface area contributed by atoms with Gasteiger partial charge in [-0.25, -0.2) is 9.97 Å². The molecule has 1 atom stereocenters. The highest BCUT2D eigenvalue weighted by atomic mass is 32.1. The topological polar surface area (TPSA) is 39.9 Å². The number of pyridine rings is 1. The van der Waals surface area contributed by atoms with Crippen LogP contribution in [0.1, 0.15) is 25.1 Å². The lowest BCUT2D eigenvalue weighted by molar-refractivity contribution is 0.0155. The van der Waals surface area contributed by atoms with Gasteiger partial charge in [-0.05, 0) is 48.9 Å². The summed E-state index contributed by atoms with van der Waals surface area (Å²) in [5.74, 6) is 1.05. The summed E-state index contributed by atoms with van der Waals surface area (Å²) < 4.78 is 8.06. The van der Waals surface area contributed by atoms with E-state index in [9.17, 15) is 0 Å². The molecule has 0 amide bonds. The lowest BCUT2D eigenvalue weighted by Crippen LogP contribution is -2.22.